The second-order valence-corrected chi connectivity index (χ2v) is 6.65. The molecular formula is C22H20N2O3. The summed E-state index contributed by atoms with van der Waals surface area (Å²) >= 11 is 0. The lowest BCUT2D eigenvalue weighted by atomic mass is 9.99. The van der Waals surface area contributed by atoms with Gasteiger partial charge in [0.25, 0.3) is 5.91 Å². The topological polar surface area (TPSA) is 67.4 Å². The van der Waals surface area contributed by atoms with Gasteiger partial charge in [0.2, 0.25) is 5.91 Å². The average molecular weight is 360 g/mol. The number of fused-ring (bicyclic) bond motifs is 2. The summed E-state index contributed by atoms with van der Waals surface area (Å²) in [6, 6.07) is 21.1. The maximum absolute atomic E-state index is 12.5. The molecule has 4 rings (SSSR count). The molecule has 0 radical (unpaired) electrons. The molecule has 2 unspecified atom stereocenters. The smallest absolute Gasteiger partial charge is 0.266 e. The first kappa shape index (κ1) is 17.1. The Bertz CT molecular complexity index is 1010. The first-order valence-electron chi connectivity index (χ1n) is 8.95. The van der Waals surface area contributed by atoms with Gasteiger partial charge in [0.1, 0.15) is 5.75 Å². The summed E-state index contributed by atoms with van der Waals surface area (Å²) in [6.07, 6.45) is -0.866. The highest BCUT2D eigenvalue weighted by molar-refractivity contribution is 6.00. The van der Waals surface area contributed by atoms with Crippen LogP contribution in [0, 0.1) is 0 Å². The number of benzene rings is 3. The van der Waals surface area contributed by atoms with Crippen molar-refractivity contribution < 1.29 is 14.3 Å². The third-order valence-electron chi connectivity index (χ3n) is 4.74. The Balaban J connectivity index is 1.46. The average Bonchev–Trinajstić information content (AvgIpc) is 2.68. The molecule has 2 atom stereocenters. The first-order chi connectivity index (χ1) is 13.1. The molecule has 0 fully saturated rings. The van der Waals surface area contributed by atoms with Gasteiger partial charge in [0, 0.05) is 0 Å². The maximum Gasteiger partial charge on any atom is 0.266 e. The highest BCUT2D eigenvalue weighted by Gasteiger charge is 2.30. The van der Waals surface area contributed by atoms with Crippen molar-refractivity contribution in [2.24, 2.45) is 0 Å². The molecule has 2 amide bonds. The van der Waals surface area contributed by atoms with Crippen molar-refractivity contribution in [3.63, 3.8) is 0 Å². The summed E-state index contributed by atoms with van der Waals surface area (Å²) in [5.74, 6) is 0.0497. The van der Waals surface area contributed by atoms with Gasteiger partial charge in [0.05, 0.1) is 18.2 Å². The molecule has 5 heteroatoms. The fourth-order valence-corrected chi connectivity index (χ4v) is 3.40. The molecular weight excluding hydrogens is 340 g/mol. The van der Waals surface area contributed by atoms with E-state index in [4.69, 9.17) is 4.74 Å². The number of hydrogen-bond acceptors (Lipinski definition) is 3. The molecule has 0 saturated carbocycles. The van der Waals surface area contributed by atoms with E-state index in [1.165, 1.54) is 0 Å². The van der Waals surface area contributed by atoms with Crippen LogP contribution in [0.25, 0.3) is 10.8 Å². The number of hydrogen-bond donors (Lipinski definition) is 2. The molecule has 1 heterocycles. The zero-order valence-corrected chi connectivity index (χ0v) is 14.9. The van der Waals surface area contributed by atoms with E-state index in [0.29, 0.717) is 11.4 Å². The fourth-order valence-electron chi connectivity index (χ4n) is 3.40. The van der Waals surface area contributed by atoms with Crippen LogP contribution in [0.2, 0.25) is 0 Å². The number of ether oxygens (including phenoxy) is 1. The third-order valence-corrected chi connectivity index (χ3v) is 4.74. The van der Waals surface area contributed by atoms with Crippen molar-refractivity contribution >= 4 is 28.3 Å². The van der Waals surface area contributed by atoms with Gasteiger partial charge >= 0.3 is 0 Å². The molecule has 3 aromatic rings. The monoisotopic (exact) mass is 360 g/mol. The van der Waals surface area contributed by atoms with Gasteiger partial charge in [-0.05, 0) is 35.4 Å². The molecule has 27 heavy (non-hydrogen) atoms. The van der Waals surface area contributed by atoms with Gasteiger partial charge in [-0.25, -0.2) is 0 Å². The van der Waals surface area contributed by atoms with Crippen molar-refractivity contribution in [2.45, 2.75) is 25.5 Å². The lowest BCUT2D eigenvalue weighted by Crippen LogP contribution is -2.41. The summed E-state index contributed by atoms with van der Waals surface area (Å²) in [5.41, 5.74) is 1.67. The summed E-state index contributed by atoms with van der Waals surface area (Å²) in [6.45, 7) is 1.94. The molecule has 3 aromatic carbocycles. The van der Waals surface area contributed by atoms with Gasteiger partial charge in [-0.3, -0.25) is 9.59 Å². The maximum atomic E-state index is 12.5. The normalized spacial score (nSPS) is 16.8. The second-order valence-electron chi connectivity index (χ2n) is 6.65. The lowest BCUT2D eigenvalue weighted by Gasteiger charge is -2.26. The van der Waals surface area contributed by atoms with Gasteiger partial charge in [-0.1, -0.05) is 54.6 Å². The number of nitrogens with one attached hydrogen (secondary N) is 2. The van der Waals surface area contributed by atoms with Crippen LogP contribution in [-0.4, -0.2) is 17.9 Å². The standard InChI is InChI=1S/C22H20N2O3/c1-14(16-10-6-8-15-7-2-3-9-17(15)16)23-21(25)13-20-22(26)24-18-11-4-5-12-19(18)27-20/h2-12,14,20H,13H2,1H3,(H,23,25)(H,24,26). The Hall–Kier alpha value is -3.34. The van der Waals surface area contributed by atoms with E-state index in [1.807, 2.05) is 61.5 Å². The SMILES string of the molecule is CC(NC(=O)CC1Oc2ccccc2NC1=O)c1cccc2ccccc12. The van der Waals surface area contributed by atoms with E-state index in [-0.39, 0.29) is 24.3 Å². The summed E-state index contributed by atoms with van der Waals surface area (Å²) in [5, 5.41) is 7.99. The Morgan fingerprint density at radius 2 is 1.81 bits per heavy atom. The largest absolute Gasteiger partial charge is 0.478 e. The number of rotatable bonds is 4. The molecule has 0 bridgehead atoms. The zero-order valence-electron chi connectivity index (χ0n) is 14.9. The highest BCUT2D eigenvalue weighted by atomic mass is 16.5. The first-order valence-corrected chi connectivity index (χ1v) is 8.95. The summed E-state index contributed by atoms with van der Waals surface area (Å²) in [7, 11) is 0. The van der Waals surface area contributed by atoms with Gasteiger partial charge in [-0.2, -0.15) is 0 Å². The van der Waals surface area contributed by atoms with E-state index < -0.39 is 6.10 Å². The van der Waals surface area contributed by atoms with E-state index in [2.05, 4.69) is 10.6 Å². The predicted octanol–water partition coefficient (Wildman–Crippen LogP) is 3.81. The van der Waals surface area contributed by atoms with Crippen LogP contribution in [0.15, 0.2) is 66.7 Å². The van der Waals surface area contributed by atoms with Gasteiger partial charge in [0.15, 0.2) is 6.10 Å². The van der Waals surface area contributed by atoms with E-state index in [9.17, 15) is 9.59 Å². The van der Waals surface area contributed by atoms with Crippen LogP contribution < -0.4 is 15.4 Å². The van der Waals surface area contributed by atoms with Crippen LogP contribution in [0.5, 0.6) is 5.75 Å². The van der Waals surface area contributed by atoms with E-state index in [1.54, 1.807) is 12.1 Å². The number of para-hydroxylation sites is 2. The van der Waals surface area contributed by atoms with Crippen molar-refractivity contribution in [2.75, 3.05) is 5.32 Å². The van der Waals surface area contributed by atoms with Crippen LogP contribution in [0.1, 0.15) is 24.9 Å². The molecule has 0 aliphatic carbocycles. The Kier molecular flexibility index (Phi) is 4.50. The number of anilines is 1. The molecule has 0 aromatic heterocycles. The lowest BCUT2D eigenvalue weighted by molar-refractivity contribution is -0.130. The third kappa shape index (κ3) is 3.49. The van der Waals surface area contributed by atoms with Gasteiger partial charge in [-0.15, -0.1) is 0 Å². The Morgan fingerprint density at radius 3 is 2.70 bits per heavy atom. The van der Waals surface area contributed by atoms with Crippen molar-refractivity contribution in [1.82, 2.24) is 5.32 Å². The van der Waals surface area contributed by atoms with Crippen molar-refractivity contribution in [3.8, 4) is 5.75 Å². The molecule has 0 saturated heterocycles. The molecule has 2 N–H and O–H groups in total. The minimum atomic E-state index is -0.834. The van der Waals surface area contributed by atoms with E-state index >= 15 is 0 Å². The zero-order chi connectivity index (χ0) is 18.8. The molecule has 1 aliphatic heterocycles. The summed E-state index contributed by atoms with van der Waals surface area (Å²) < 4.78 is 5.70. The predicted molar refractivity (Wildman–Crippen MR) is 105 cm³/mol. The van der Waals surface area contributed by atoms with Crippen LogP contribution >= 0.6 is 0 Å². The van der Waals surface area contributed by atoms with Gasteiger partial charge < -0.3 is 15.4 Å². The second kappa shape index (κ2) is 7.11. The number of amides is 2. The van der Waals surface area contributed by atoms with Crippen LogP contribution in [-0.2, 0) is 9.59 Å². The molecule has 5 nitrogen and oxygen atoms in total. The minimum Gasteiger partial charge on any atom is -0.478 e. The van der Waals surface area contributed by atoms with Crippen LogP contribution in [0.3, 0.4) is 0 Å². The fraction of sp³-hybridized carbons (Fsp3) is 0.182. The molecule has 136 valence electrons. The van der Waals surface area contributed by atoms with Crippen LogP contribution in [0.4, 0.5) is 5.69 Å². The minimum absolute atomic E-state index is 0.0325. The quantitative estimate of drug-likeness (QED) is 0.743. The number of carbonyl (C=O) groups excluding carboxylic acids is 2. The Labute approximate surface area is 157 Å². The Morgan fingerprint density at radius 1 is 1.07 bits per heavy atom. The van der Waals surface area contributed by atoms with E-state index in [0.717, 1.165) is 16.3 Å². The molecule has 1 aliphatic rings. The highest BCUT2D eigenvalue weighted by Crippen LogP contribution is 2.30. The van der Waals surface area contributed by atoms with Crippen molar-refractivity contribution in [3.05, 3.63) is 72.3 Å². The summed E-state index contributed by atoms with van der Waals surface area (Å²) in [4.78, 5) is 24.7. The number of carbonyl (C=O) groups is 2. The van der Waals surface area contributed by atoms with Crippen molar-refractivity contribution in [1.29, 1.82) is 0 Å². The molecule has 0 spiro atoms.